The van der Waals surface area contributed by atoms with E-state index in [1.807, 2.05) is 69.2 Å². The molecule has 1 heterocycles. The fourth-order valence-corrected chi connectivity index (χ4v) is 3.67. The highest BCUT2D eigenvalue weighted by atomic mass is 32.1. The van der Waals surface area contributed by atoms with Gasteiger partial charge in [0.1, 0.15) is 5.75 Å². The van der Waals surface area contributed by atoms with E-state index < -0.39 is 0 Å². The third-order valence-electron chi connectivity index (χ3n) is 5.44. The van der Waals surface area contributed by atoms with Crippen molar-refractivity contribution in [1.29, 1.82) is 0 Å². The minimum absolute atomic E-state index is 0.0869. The van der Waals surface area contributed by atoms with Gasteiger partial charge in [-0.1, -0.05) is 24.3 Å². The van der Waals surface area contributed by atoms with Gasteiger partial charge in [0, 0.05) is 18.7 Å². The summed E-state index contributed by atoms with van der Waals surface area (Å²) >= 11 is 5.72. The molecule has 6 nitrogen and oxygen atoms in total. The van der Waals surface area contributed by atoms with Gasteiger partial charge in [-0.25, -0.2) is 0 Å². The van der Waals surface area contributed by atoms with Crippen molar-refractivity contribution in [3.05, 3.63) is 69.5 Å². The number of aryl methyl sites for hydroxylation is 2. The molecular formula is C24H30N4O2S. The Morgan fingerprint density at radius 1 is 1.13 bits per heavy atom. The van der Waals surface area contributed by atoms with Crippen LogP contribution in [-0.4, -0.2) is 54.2 Å². The Kier molecular flexibility index (Phi) is 7.30. The number of methoxy groups -OCH3 is 1. The molecular weight excluding hydrogens is 408 g/mol. The number of anilines is 1. The van der Waals surface area contributed by atoms with E-state index in [1.54, 1.807) is 7.11 Å². The van der Waals surface area contributed by atoms with Crippen LogP contribution in [0.4, 0.5) is 5.69 Å². The Morgan fingerprint density at radius 3 is 2.58 bits per heavy atom. The van der Waals surface area contributed by atoms with Crippen molar-refractivity contribution in [2.75, 3.05) is 39.6 Å². The lowest BCUT2D eigenvalue weighted by atomic mass is 10.0. The average Bonchev–Trinajstić information content (AvgIpc) is 2.74. The van der Waals surface area contributed by atoms with Crippen molar-refractivity contribution in [1.82, 2.24) is 14.8 Å². The van der Waals surface area contributed by atoms with E-state index in [-0.39, 0.29) is 5.56 Å². The van der Waals surface area contributed by atoms with Gasteiger partial charge in [0.15, 0.2) is 5.11 Å². The Bertz CT molecular complexity index is 1140. The molecule has 0 saturated carbocycles. The van der Waals surface area contributed by atoms with Crippen LogP contribution in [0.25, 0.3) is 10.9 Å². The molecule has 0 unspecified atom stereocenters. The molecule has 3 aromatic rings. The van der Waals surface area contributed by atoms with Gasteiger partial charge in [0.05, 0.1) is 24.9 Å². The maximum Gasteiger partial charge on any atom is 0.253 e. The molecule has 0 saturated heterocycles. The zero-order valence-corrected chi connectivity index (χ0v) is 19.6. The number of likely N-dealkylation sites (N-methyl/N-ethyl adjacent to an activating group) is 1. The molecule has 0 spiro atoms. The Morgan fingerprint density at radius 2 is 1.87 bits per heavy atom. The SMILES string of the molecule is COc1ccccc1NC(=S)N(CCN(C)C)Cc1cc2ccc(C)c(C)c2[nH]c1=O. The quantitative estimate of drug-likeness (QED) is 0.546. The normalized spacial score (nSPS) is 11.0. The summed E-state index contributed by atoms with van der Waals surface area (Å²) in [5, 5.41) is 4.85. The van der Waals surface area contributed by atoms with Crippen LogP contribution < -0.4 is 15.6 Å². The molecule has 164 valence electrons. The summed E-state index contributed by atoms with van der Waals surface area (Å²) in [7, 11) is 5.66. The first kappa shape index (κ1) is 22.8. The second kappa shape index (κ2) is 9.94. The summed E-state index contributed by atoms with van der Waals surface area (Å²) in [5.74, 6) is 0.715. The fourth-order valence-electron chi connectivity index (χ4n) is 3.41. The van der Waals surface area contributed by atoms with Crippen molar-refractivity contribution in [2.45, 2.75) is 20.4 Å². The Balaban J connectivity index is 1.90. The number of H-pyrrole nitrogens is 1. The lowest BCUT2D eigenvalue weighted by Gasteiger charge is -2.27. The fraction of sp³-hybridized carbons (Fsp3) is 0.333. The van der Waals surface area contributed by atoms with E-state index in [9.17, 15) is 4.79 Å². The highest BCUT2D eigenvalue weighted by Crippen LogP contribution is 2.24. The first-order chi connectivity index (χ1) is 14.8. The standard InChI is InChI=1S/C24H30N4O2S/c1-16-10-11-18-14-19(23(29)26-22(18)17(16)2)15-28(13-12-27(3)4)24(31)25-20-8-6-7-9-21(20)30-5/h6-11,14H,12-13,15H2,1-5H3,(H,25,31)(H,26,29). The van der Waals surface area contributed by atoms with Crippen LogP contribution in [0.2, 0.25) is 0 Å². The van der Waals surface area contributed by atoms with Crippen LogP contribution in [0.15, 0.2) is 47.3 Å². The number of pyridine rings is 1. The number of para-hydroxylation sites is 2. The smallest absolute Gasteiger partial charge is 0.253 e. The third kappa shape index (κ3) is 5.42. The molecule has 0 aliphatic heterocycles. The molecule has 0 fully saturated rings. The van der Waals surface area contributed by atoms with Crippen molar-refractivity contribution < 1.29 is 4.74 Å². The Labute approximate surface area is 188 Å². The van der Waals surface area contributed by atoms with Crippen LogP contribution in [0.5, 0.6) is 5.75 Å². The summed E-state index contributed by atoms with van der Waals surface area (Å²) in [4.78, 5) is 20.0. The van der Waals surface area contributed by atoms with Gasteiger partial charge in [-0.2, -0.15) is 0 Å². The predicted molar refractivity (Wildman–Crippen MR) is 132 cm³/mol. The summed E-state index contributed by atoms with van der Waals surface area (Å²) < 4.78 is 5.43. The molecule has 2 aromatic carbocycles. The van der Waals surface area contributed by atoms with Gasteiger partial charge in [0.2, 0.25) is 0 Å². The van der Waals surface area contributed by atoms with Crippen LogP contribution in [0.3, 0.4) is 0 Å². The third-order valence-corrected chi connectivity index (χ3v) is 5.80. The van der Waals surface area contributed by atoms with E-state index in [0.717, 1.165) is 34.3 Å². The van der Waals surface area contributed by atoms with Gasteiger partial charge in [0.25, 0.3) is 5.56 Å². The predicted octanol–water partition coefficient (Wildman–Crippen LogP) is 3.91. The van der Waals surface area contributed by atoms with Gasteiger partial charge in [-0.15, -0.1) is 0 Å². The molecule has 3 rings (SSSR count). The van der Waals surface area contributed by atoms with E-state index >= 15 is 0 Å². The van der Waals surface area contributed by atoms with Gasteiger partial charge < -0.3 is 24.8 Å². The molecule has 0 atom stereocenters. The van der Waals surface area contributed by atoms with Crippen LogP contribution >= 0.6 is 12.2 Å². The number of fused-ring (bicyclic) bond motifs is 1. The summed E-state index contributed by atoms with van der Waals surface area (Å²) in [6.07, 6.45) is 0. The number of ether oxygens (including phenoxy) is 1. The summed E-state index contributed by atoms with van der Waals surface area (Å²) in [5.41, 5.74) is 4.53. The van der Waals surface area contributed by atoms with Crippen LogP contribution in [0.1, 0.15) is 16.7 Å². The zero-order chi connectivity index (χ0) is 22.5. The topological polar surface area (TPSA) is 60.6 Å². The average molecular weight is 439 g/mol. The molecule has 31 heavy (non-hydrogen) atoms. The van der Waals surface area contributed by atoms with E-state index in [1.165, 1.54) is 0 Å². The van der Waals surface area contributed by atoms with E-state index in [2.05, 4.69) is 21.3 Å². The number of aromatic nitrogens is 1. The molecule has 2 N–H and O–H groups in total. The second-order valence-corrected chi connectivity index (χ2v) is 8.34. The van der Waals surface area contributed by atoms with Crippen molar-refractivity contribution >= 4 is 33.9 Å². The number of benzene rings is 2. The highest BCUT2D eigenvalue weighted by molar-refractivity contribution is 7.80. The Hall–Kier alpha value is -2.90. The molecule has 0 aliphatic rings. The molecule has 1 aromatic heterocycles. The molecule has 0 radical (unpaired) electrons. The zero-order valence-electron chi connectivity index (χ0n) is 18.8. The number of aromatic amines is 1. The van der Waals surface area contributed by atoms with Crippen molar-refractivity contribution in [2.24, 2.45) is 0 Å². The van der Waals surface area contributed by atoms with Gasteiger partial charge in [-0.3, -0.25) is 4.79 Å². The van der Waals surface area contributed by atoms with Gasteiger partial charge in [-0.05, 0) is 74.9 Å². The maximum absolute atomic E-state index is 12.9. The second-order valence-electron chi connectivity index (χ2n) is 7.95. The monoisotopic (exact) mass is 438 g/mol. The lowest BCUT2D eigenvalue weighted by Crippen LogP contribution is -2.40. The minimum Gasteiger partial charge on any atom is -0.495 e. The highest BCUT2D eigenvalue weighted by Gasteiger charge is 2.16. The van der Waals surface area contributed by atoms with E-state index in [0.29, 0.717) is 29.5 Å². The first-order valence-electron chi connectivity index (χ1n) is 10.3. The largest absolute Gasteiger partial charge is 0.495 e. The number of rotatable bonds is 7. The summed E-state index contributed by atoms with van der Waals surface area (Å²) in [6.45, 7) is 5.97. The van der Waals surface area contributed by atoms with Gasteiger partial charge >= 0.3 is 0 Å². The molecule has 0 amide bonds. The van der Waals surface area contributed by atoms with Crippen molar-refractivity contribution in [3.8, 4) is 5.75 Å². The van der Waals surface area contributed by atoms with Crippen LogP contribution in [-0.2, 0) is 6.54 Å². The molecule has 0 aliphatic carbocycles. The van der Waals surface area contributed by atoms with E-state index in [4.69, 9.17) is 17.0 Å². The molecule has 0 bridgehead atoms. The number of nitrogens with zero attached hydrogens (tertiary/aromatic N) is 2. The number of nitrogens with one attached hydrogen (secondary N) is 2. The van der Waals surface area contributed by atoms with Crippen LogP contribution in [0, 0.1) is 13.8 Å². The number of thiocarbonyl (C=S) groups is 1. The number of hydrogen-bond donors (Lipinski definition) is 2. The maximum atomic E-state index is 12.9. The summed E-state index contributed by atoms with van der Waals surface area (Å²) in [6, 6.07) is 13.7. The number of hydrogen-bond acceptors (Lipinski definition) is 4. The molecule has 7 heteroatoms. The minimum atomic E-state index is -0.0869. The van der Waals surface area contributed by atoms with Crippen molar-refractivity contribution in [3.63, 3.8) is 0 Å². The first-order valence-corrected chi connectivity index (χ1v) is 10.7. The lowest BCUT2D eigenvalue weighted by molar-refractivity contribution is 0.327.